The number of hydrogen-bond donors (Lipinski definition) is 3. The third-order valence-electron chi connectivity index (χ3n) is 0.524. The molecule has 1 unspecified atom stereocenters. The Morgan fingerprint density at radius 3 is 2.33 bits per heavy atom. The predicted octanol–water partition coefficient (Wildman–Crippen LogP) is -2.16. The molecule has 0 rings (SSSR count). The molecule has 0 heterocycles. The summed E-state index contributed by atoms with van der Waals surface area (Å²) < 4.78 is 0. The van der Waals surface area contributed by atoms with E-state index in [-0.39, 0.29) is 33.9 Å². The minimum absolute atomic E-state index is 0. The van der Waals surface area contributed by atoms with Crippen LogP contribution in [0.3, 0.4) is 0 Å². The fourth-order valence-corrected chi connectivity index (χ4v) is 0.162. The van der Waals surface area contributed by atoms with E-state index < -0.39 is 12.7 Å². The van der Waals surface area contributed by atoms with Crippen molar-refractivity contribution in [1.29, 1.82) is 0 Å². The molecular formula is C3H10O5Pb. The van der Waals surface area contributed by atoms with Crippen molar-refractivity contribution >= 4 is 27.3 Å². The van der Waals surface area contributed by atoms with E-state index in [9.17, 15) is 0 Å². The minimum atomic E-state index is -0.998. The Morgan fingerprint density at radius 2 is 2.00 bits per heavy atom. The van der Waals surface area contributed by atoms with E-state index in [4.69, 9.17) is 15.5 Å². The summed E-state index contributed by atoms with van der Waals surface area (Å²) in [6.07, 6.45) is -0.998. The average molecular weight is 333 g/mol. The summed E-state index contributed by atoms with van der Waals surface area (Å²) in [6.45, 7) is -0.656. The van der Waals surface area contributed by atoms with Crippen LogP contribution in [0.2, 0.25) is 0 Å². The molecule has 0 aromatic rings. The SMILES string of the molecule is OCC(O)COOO.[PbH2]. The van der Waals surface area contributed by atoms with Crippen LogP contribution in [0.15, 0.2) is 0 Å². The third-order valence-corrected chi connectivity index (χ3v) is 0.524. The van der Waals surface area contributed by atoms with Gasteiger partial charge in [0.05, 0.1) is 6.61 Å². The Balaban J connectivity index is 0. The summed E-state index contributed by atoms with van der Waals surface area (Å²) in [5.41, 5.74) is 0. The Hall–Kier alpha value is 0.722. The maximum absolute atomic E-state index is 8.42. The van der Waals surface area contributed by atoms with E-state index in [1.165, 1.54) is 0 Å². The van der Waals surface area contributed by atoms with Crippen LogP contribution in [0.4, 0.5) is 0 Å². The zero-order valence-electron chi connectivity index (χ0n) is 4.86. The van der Waals surface area contributed by atoms with E-state index in [2.05, 4.69) is 9.93 Å². The molecule has 0 aromatic carbocycles. The number of aliphatic hydroxyl groups is 2. The van der Waals surface area contributed by atoms with Crippen LogP contribution in [0.5, 0.6) is 0 Å². The van der Waals surface area contributed by atoms with E-state index in [1.54, 1.807) is 0 Å². The Kier molecular flexibility index (Phi) is 12.0. The molecule has 2 radical (unpaired) electrons. The second-order valence-corrected chi connectivity index (χ2v) is 1.20. The van der Waals surface area contributed by atoms with E-state index >= 15 is 0 Å². The van der Waals surface area contributed by atoms with Gasteiger partial charge in [0, 0.05) is 0 Å². The second-order valence-electron chi connectivity index (χ2n) is 1.20. The summed E-state index contributed by atoms with van der Waals surface area (Å²) in [5, 5.41) is 27.2. The molecule has 0 spiro atoms. The molecule has 6 heteroatoms. The fraction of sp³-hybridized carbons (Fsp3) is 1.00. The molecule has 1 atom stereocenters. The predicted molar refractivity (Wildman–Crippen MR) is 31.3 cm³/mol. The summed E-state index contributed by atoms with van der Waals surface area (Å²) in [5.74, 6) is 0. The molecule has 3 N–H and O–H groups in total. The molecule has 0 aromatic heterocycles. The van der Waals surface area contributed by atoms with Crippen LogP contribution < -0.4 is 0 Å². The monoisotopic (exact) mass is 334 g/mol. The first-order valence-corrected chi connectivity index (χ1v) is 2.03. The molecule has 0 saturated heterocycles. The van der Waals surface area contributed by atoms with Gasteiger partial charge in [0.2, 0.25) is 0 Å². The first kappa shape index (κ1) is 12.4. The molecule has 56 valence electrons. The van der Waals surface area contributed by atoms with Crippen LogP contribution >= 0.6 is 0 Å². The van der Waals surface area contributed by atoms with Gasteiger partial charge in [0.15, 0.2) is 0 Å². The maximum atomic E-state index is 8.42. The Morgan fingerprint density at radius 1 is 1.44 bits per heavy atom. The van der Waals surface area contributed by atoms with Gasteiger partial charge in [-0.3, -0.25) is 0 Å². The van der Waals surface area contributed by atoms with Gasteiger partial charge in [-0.2, -0.15) is 0 Å². The van der Waals surface area contributed by atoms with Crippen molar-refractivity contribution in [3.8, 4) is 0 Å². The van der Waals surface area contributed by atoms with Gasteiger partial charge in [-0.15, -0.1) is 0 Å². The van der Waals surface area contributed by atoms with Crippen LogP contribution in [-0.4, -0.2) is 62.1 Å². The zero-order chi connectivity index (χ0) is 6.41. The average Bonchev–Trinajstić information content (AvgIpc) is 1.83. The molecule has 0 aliphatic rings. The van der Waals surface area contributed by atoms with Crippen molar-refractivity contribution in [2.75, 3.05) is 13.2 Å². The van der Waals surface area contributed by atoms with E-state index in [1.807, 2.05) is 0 Å². The van der Waals surface area contributed by atoms with E-state index in [0.717, 1.165) is 0 Å². The van der Waals surface area contributed by atoms with Gasteiger partial charge >= 0.3 is 27.3 Å². The molecule has 0 saturated carbocycles. The molecule has 9 heavy (non-hydrogen) atoms. The molecule has 0 aliphatic carbocycles. The fourth-order valence-electron chi connectivity index (χ4n) is 0.162. The topological polar surface area (TPSA) is 79.2 Å². The summed E-state index contributed by atoms with van der Waals surface area (Å²) in [6, 6.07) is 0. The first-order valence-electron chi connectivity index (χ1n) is 2.03. The first-order chi connectivity index (χ1) is 3.81. The van der Waals surface area contributed by atoms with Crippen LogP contribution in [0.1, 0.15) is 0 Å². The van der Waals surface area contributed by atoms with Gasteiger partial charge in [-0.1, -0.05) is 5.04 Å². The third kappa shape index (κ3) is 8.72. The molecule has 0 bridgehead atoms. The zero-order valence-corrected chi connectivity index (χ0v) is 10.4. The van der Waals surface area contributed by atoms with Gasteiger partial charge in [0.1, 0.15) is 12.7 Å². The second kappa shape index (κ2) is 8.72. The number of aliphatic hydroxyl groups excluding tert-OH is 2. The van der Waals surface area contributed by atoms with Crippen molar-refractivity contribution in [3.63, 3.8) is 0 Å². The van der Waals surface area contributed by atoms with Gasteiger partial charge in [0.25, 0.3) is 0 Å². The van der Waals surface area contributed by atoms with Crippen LogP contribution in [0.25, 0.3) is 0 Å². The summed E-state index contributed by atoms with van der Waals surface area (Å²) >= 11 is 0. The summed E-state index contributed by atoms with van der Waals surface area (Å²) in [4.78, 5) is 3.83. The van der Waals surface area contributed by atoms with Crippen molar-refractivity contribution in [2.24, 2.45) is 0 Å². The quantitative estimate of drug-likeness (QED) is 0.310. The molecule has 0 aliphatic heterocycles. The molecule has 0 amide bonds. The number of rotatable bonds is 4. The van der Waals surface area contributed by atoms with E-state index in [0.29, 0.717) is 0 Å². The van der Waals surface area contributed by atoms with Crippen molar-refractivity contribution in [2.45, 2.75) is 6.10 Å². The normalized spacial score (nSPS) is 12.3. The van der Waals surface area contributed by atoms with Crippen LogP contribution in [0, 0.1) is 0 Å². The van der Waals surface area contributed by atoms with Crippen molar-refractivity contribution in [3.05, 3.63) is 0 Å². The van der Waals surface area contributed by atoms with Crippen molar-refractivity contribution < 1.29 is 25.4 Å². The molecule has 0 fully saturated rings. The van der Waals surface area contributed by atoms with Gasteiger partial charge in [-0.25, -0.2) is 10.1 Å². The number of hydrogen-bond acceptors (Lipinski definition) is 5. The standard InChI is InChI=1S/C3H8O5.Pb.2H/c4-1-3(5)2-7-8-6;;;/h3-6H,1-2H2;;;. The van der Waals surface area contributed by atoms with Gasteiger partial charge < -0.3 is 10.2 Å². The van der Waals surface area contributed by atoms with Crippen LogP contribution in [-0.2, 0) is 9.93 Å². The molecule has 5 nitrogen and oxygen atoms in total. The Bertz CT molecular complexity index is 51.5. The molecular weight excluding hydrogens is 323 g/mol. The van der Waals surface area contributed by atoms with Crippen molar-refractivity contribution in [1.82, 2.24) is 0 Å². The van der Waals surface area contributed by atoms with Gasteiger partial charge in [-0.05, 0) is 0 Å². The Labute approximate surface area is 72.2 Å². The summed E-state index contributed by atoms with van der Waals surface area (Å²) in [7, 11) is 0.